The van der Waals surface area contributed by atoms with Crippen LogP contribution in [-0.4, -0.2) is 29.1 Å². The van der Waals surface area contributed by atoms with Gasteiger partial charge in [-0.25, -0.2) is 4.67 Å². The SMILES string of the molecule is CCCP(=O)(CCC#N)N(C(C)C)C(C)C. The molecule has 0 radical (unpaired) electrons. The van der Waals surface area contributed by atoms with E-state index in [1.54, 1.807) is 0 Å². The summed E-state index contributed by atoms with van der Waals surface area (Å²) in [5.74, 6) is 0. The van der Waals surface area contributed by atoms with Gasteiger partial charge in [0.05, 0.1) is 6.07 Å². The lowest BCUT2D eigenvalue weighted by Crippen LogP contribution is -2.35. The van der Waals surface area contributed by atoms with Gasteiger partial charge >= 0.3 is 0 Å². The van der Waals surface area contributed by atoms with Gasteiger partial charge in [-0.3, -0.25) is 0 Å². The topological polar surface area (TPSA) is 44.1 Å². The van der Waals surface area contributed by atoms with Gasteiger partial charge < -0.3 is 4.57 Å². The second-order valence-electron chi connectivity index (χ2n) is 4.77. The first-order valence-electron chi connectivity index (χ1n) is 6.13. The summed E-state index contributed by atoms with van der Waals surface area (Å²) < 4.78 is 15.0. The van der Waals surface area contributed by atoms with E-state index in [-0.39, 0.29) is 12.1 Å². The average Bonchev–Trinajstić information content (AvgIpc) is 2.13. The van der Waals surface area contributed by atoms with Crippen LogP contribution < -0.4 is 0 Å². The first-order chi connectivity index (χ1) is 7.39. The molecule has 94 valence electrons. The van der Waals surface area contributed by atoms with Gasteiger partial charge in [-0.2, -0.15) is 5.26 Å². The van der Waals surface area contributed by atoms with E-state index in [4.69, 9.17) is 5.26 Å². The predicted molar refractivity (Wildman–Crippen MR) is 70.0 cm³/mol. The second kappa shape index (κ2) is 7.09. The molecule has 0 N–H and O–H groups in total. The largest absolute Gasteiger partial charge is 0.306 e. The minimum Gasteiger partial charge on any atom is -0.306 e. The Hall–Kier alpha value is -0.320. The van der Waals surface area contributed by atoms with Crippen molar-refractivity contribution in [2.24, 2.45) is 0 Å². The van der Waals surface area contributed by atoms with Crippen molar-refractivity contribution in [3.63, 3.8) is 0 Å². The van der Waals surface area contributed by atoms with Crippen LogP contribution in [0.2, 0.25) is 0 Å². The highest BCUT2D eigenvalue weighted by Crippen LogP contribution is 2.53. The summed E-state index contributed by atoms with van der Waals surface area (Å²) >= 11 is 0. The first kappa shape index (κ1) is 15.7. The lowest BCUT2D eigenvalue weighted by molar-refractivity contribution is 0.298. The molecule has 0 saturated heterocycles. The number of hydrogen-bond acceptors (Lipinski definition) is 2. The minimum absolute atomic E-state index is 0.274. The van der Waals surface area contributed by atoms with Gasteiger partial charge in [-0.1, -0.05) is 6.92 Å². The maximum Gasteiger partial charge on any atom is 0.151 e. The highest BCUT2D eigenvalue weighted by Gasteiger charge is 2.32. The number of nitrogens with zero attached hydrogens (tertiary/aromatic N) is 2. The Morgan fingerprint density at radius 1 is 1.19 bits per heavy atom. The fourth-order valence-corrected chi connectivity index (χ4v) is 5.87. The summed E-state index contributed by atoms with van der Waals surface area (Å²) in [4.78, 5) is 0. The van der Waals surface area contributed by atoms with Crippen molar-refractivity contribution in [3.8, 4) is 6.07 Å². The summed E-state index contributed by atoms with van der Waals surface area (Å²) in [6, 6.07) is 2.66. The Morgan fingerprint density at radius 2 is 1.69 bits per heavy atom. The lowest BCUT2D eigenvalue weighted by Gasteiger charge is -2.37. The Bertz CT molecular complexity index is 273. The molecule has 0 aromatic rings. The fourth-order valence-electron chi connectivity index (χ4n) is 2.35. The molecule has 16 heavy (non-hydrogen) atoms. The lowest BCUT2D eigenvalue weighted by atomic mass is 10.3. The van der Waals surface area contributed by atoms with E-state index in [0.717, 1.165) is 12.6 Å². The van der Waals surface area contributed by atoms with Crippen LogP contribution in [-0.2, 0) is 4.57 Å². The molecule has 0 aliphatic rings. The van der Waals surface area contributed by atoms with E-state index in [0.29, 0.717) is 12.6 Å². The highest BCUT2D eigenvalue weighted by molar-refractivity contribution is 7.61. The summed E-state index contributed by atoms with van der Waals surface area (Å²) in [6.45, 7) is 10.4. The number of rotatable bonds is 7. The molecule has 0 aromatic heterocycles. The number of hydrogen-bond donors (Lipinski definition) is 0. The molecular weight excluding hydrogens is 219 g/mol. The van der Waals surface area contributed by atoms with Crippen LogP contribution in [0.4, 0.5) is 0 Å². The molecular formula is C12H25N2OP. The van der Waals surface area contributed by atoms with E-state index < -0.39 is 7.29 Å². The smallest absolute Gasteiger partial charge is 0.151 e. The van der Waals surface area contributed by atoms with Crippen LogP contribution in [0.1, 0.15) is 47.5 Å². The Balaban J connectivity index is 4.97. The van der Waals surface area contributed by atoms with Crippen molar-refractivity contribution in [2.45, 2.75) is 59.5 Å². The molecule has 0 aliphatic carbocycles. The zero-order valence-electron chi connectivity index (χ0n) is 11.2. The molecule has 1 unspecified atom stereocenters. The van der Waals surface area contributed by atoms with E-state index in [9.17, 15) is 4.57 Å². The van der Waals surface area contributed by atoms with Gasteiger partial charge in [0.15, 0.2) is 7.29 Å². The normalized spacial score (nSPS) is 15.4. The van der Waals surface area contributed by atoms with Crippen molar-refractivity contribution in [1.82, 2.24) is 4.67 Å². The maximum atomic E-state index is 12.9. The molecule has 0 spiro atoms. The Morgan fingerprint density at radius 3 is 2.00 bits per heavy atom. The third-order valence-electron chi connectivity index (χ3n) is 2.63. The number of nitriles is 1. The van der Waals surface area contributed by atoms with Crippen LogP contribution in [0.25, 0.3) is 0 Å². The second-order valence-corrected chi connectivity index (χ2v) is 7.82. The Kier molecular flexibility index (Phi) is 6.95. The molecule has 4 heteroatoms. The van der Waals surface area contributed by atoms with Crippen molar-refractivity contribution >= 4 is 7.29 Å². The monoisotopic (exact) mass is 244 g/mol. The van der Waals surface area contributed by atoms with Crippen LogP contribution >= 0.6 is 7.29 Å². The van der Waals surface area contributed by atoms with Crippen LogP contribution in [0.3, 0.4) is 0 Å². The standard InChI is InChI=1S/C12H25N2OP/c1-6-9-16(15,10-7-8-13)14(11(2)3)12(4)5/h11-12H,6-7,9-10H2,1-5H3. The van der Waals surface area contributed by atoms with Crippen molar-refractivity contribution in [2.75, 3.05) is 12.3 Å². The summed E-state index contributed by atoms with van der Waals surface area (Å²) in [5.41, 5.74) is 0. The van der Waals surface area contributed by atoms with Gasteiger partial charge in [-0.05, 0) is 34.1 Å². The van der Waals surface area contributed by atoms with Gasteiger partial charge in [-0.15, -0.1) is 0 Å². The molecule has 0 saturated carbocycles. The van der Waals surface area contributed by atoms with Crippen molar-refractivity contribution in [3.05, 3.63) is 0 Å². The van der Waals surface area contributed by atoms with Crippen LogP contribution in [0.5, 0.6) is 0 Å². The van der Waals surface area contributed by atoms with Crippen molar-refractivity contribution < 1.29 is 4.57 Å². The molecule has 0 aromatic carbocycles. The van der Waals surface area contributed by atoms with Crippen molar-refractivity contribution in [1.29, 1.82) is 5.26 Å². The maximum absolute atomic E-state index is 12.9. The Labute approximate surface area is 100 Å². The summed E-state index contributed by atoms with van der Waals surface area (Å²) in [5, 5.41) is 8.67. The summed E-state index contributed by atoms with van der Waals surface area (Å²) in [6.07, 6.45) is 2.57. The molecule has 0 aliphatic heterocycles. The molecule has 0 rings (SSSR count). The molecule has 0 fully saturated rings. The minimum atomic E-state index is -2.35. The van der Waals surface area contributed by atoms with Gasteiger partial charge in [0.1, 0.15) is 0 Å². The molecule has 1 atom stereocenters. The summed E-state index contributed by atoms with van der Waals surface area (Å²) in [7, 11) is -2.35. The van der Waals surface area contributed by atoms with E-state index in [2.05, 4.69) is 45.4 Å². The molecule has 0 bridgehead atoms. The van der Waals surface area contributed by atoms with E-state index >= 15 is 0 Å². The van der Waals surface area contributed by atoms with Gasteiger partial charge in [0.2, 0.25) is 0 Å². The molecule has 0 heterocycles. The highest BCUT2D eigenvalue weighted by atomic mass is 31.2. The predicted octanol–water partition coefficient (Wildman–Crippen LogP) is 3.71. The van der Waals surface area contributed by atoms with Gasteiger partial charge in [0.25, 0.3) is 0 Å². The third-order valence-corrected chi connectivity index (χ3v) is 6.46. The van der Waals surface area contributed by atoms with Crippen LogP contribution in [0.15, 0.2) is 0 Å². The van der Waals surface area contributed by atoms with Crippen LogP contribution in [0, 0.1) is 11.3 Å². The zero-order chi connectivity index (χ0) is 12.8. The molecule has 3 nitrogen and oxygen atoms in total. The van der Waals surface area contributed by atoms with Gasteiger partial charge in [0, 0.05) is 30.8 Å². The fraction of sp³-hybridized carbons (Fsp3) is 0.917. The third kappa shape index (κ3) is 4.28. The quantitative estimate of drug-likeness (QED) is 0.641. The zero-order valence-corrected chi connectivity index (χ0v) is 12.1. The molecule has 0 amide bonds. The first-order valence-corrected chi connectivity index (χ1v) is 8.16. The van der Waals surface area contributed by atoms with E-state index in [1.807, 2.05) is 0 Å². The van der Waals surface area contributed by atoms with E-state index in [1.165, 1.54) is 0 Å². The average molecular weight is 244 g/mol.